The molecule has 5 nitrogen and oxygen atoms in total. The number of aromatic nitrogens is 2. The third-order valence-corrected chi connectivity index (χ3v) is 4.87. The number of anilines is 1. The van der Waals surface area contributed by atoms with Crippen LogP contribution < -0.4 is 9.64 Å². The Hall–Kier alpha value is -2.82. The Kier molecular flexibility index (Phi) is 3.71. The van der Waals surface area contributed by atoms with Crippen molar-refractivity contribution < 1.29 is 9.53 Å². The number of carbonyl (C=O) groups is 1. The van der Waals surface area contributed by atoms with Crippen LogP contribution in [0.2, 0.25) is 0 Å². The van der Waals surface area contributed by atoms with Crippen molar-refractivity contribution in [3.8, 4) is 5.75 Å². The maximum atomic E-state index is 13.5. The maximum Gasteiger partial charge on any atom is 0.277 e. The molecule has 0 bridgehead atoms. The number of carbonyl (C=O) groups excluding carboxylic acids is 1. The molecule has 1 aliphatic heterocycles. The highest BCUT2D eigenvalue weighted by atomic mass is 16.5. The van der Waals surface area contributed by atoms with Crippen molar-refractivity contribution in [3.05, 3.63) is 59.5 Å². The lowest BCUT2D eigenvalue weighted by atomic mass is 10.1. The molecule has 1 aliphatic rings. The van der Waals surface area contributed by atoms with Gasteiger partial charge in [0.25, 0.3) is 5.91 Å². The first-order chi connectivity index (χ1) is 12.2. The van der Waals surface area contributed by atoms with Crippen molar-refractivity contribution in [2.45, 2.75) is 32.7 Å². The van der Waals surface area contributed by atoms with Crippen LogP contribution in [-0.2, 0) is 12.8 Å². The molecule has 2 aromatic heterocycles. The Morgan fingerprint density at radius 1 is 1.28 bits per heavy atom. The van der Waals surface area contributed by atoms with Crippen LogP contribution in [0.5, 0.6) is 5.75 Å². The van der Waals surface area contributed by atoms with Gasteiger partial charge in [0.05, 0.1) is 12.8 Å². The van der Waals surface area contributed by atoms with Crippen molar-refractivity contribution in [3.63, 3.8) is 0 Å². The Labute approximate surface area is 146 Å². The molecule has 0 N–H and O–H groups in total. The van der Waals surface area contributed by atoms with Crippen LogP contribution >= 0.6 is 0 Å². The van der Waals surface area contributed by atoms with Gasteiger partial charge in [-0.1, -0.05) is 25.1 Å². The van der Waals surface area contributed by atoms with E-state index in [0.29, 0.717) is 23.5 Å². The number of pyridine rings is 1. The minimum atomic E-state index is -0.00458. The molecule has 0 radical (unpaired) electrons. The molecule has 4 rings (SSSR count). The number of amides is 1. The normalized spacial score (nSPS) is 16.3. The van der Waals surface area contributed by atoms with Crippen LogP contribution in [-0.4, -0.2) is 28.4 Å². The molecule has 5 heteroatoms. The number of aryl methyl sites for hydroxylation is 1. The first-order valence-electron chi connectivity index (χ1n) is 8.61. The van der Waals surface area contributed by atoms with Gasteiger partial charge < -0.3 is 9.64 Å². The van der Waals surface area contributed by atoms with E-state index in [1.54, 1.807) is 7.11 Å². The van der Waals surface area contributed by atoms with E-state index in [2.05, 4.69) is 18.0 Å². The summed E-state index contributed by atoms with van der Waals surface area (Å²) < 4.78 is 7.27. The quantitative estimate of drug-likeness (QED) is 0.736. The van der Waals surface area contributed by atoms with E-state index in [1.807, 2.05) is 52.8 Å². The second kappa shape index (κ2) is 5.92. The number of ether oxygens (including phenoxy) is 1. The van der Waals surface area contributed by atoms with Crippen LogP contribution in [0.4, 0.5) is 5.69 Å². The predicted molar refractivity (Wildman–Crippen MR) is 97.5 cm³/mol. The van der Waals surface area contributed by atoms with E-state index in [4.69, 9.17) is 4.74 Å². The molecule has 25 heavy (non-hydrogen) atoms. The third-order valence-electron chi connectivity index (χ3n) is 4.87. The fourth-order valence-electron chi connectivity index (χ4n) is 3.71. The van der Waals surface area contributed by atoms with E-state index in [-0.39, 0.29) is 11.9 Å². The standard InChI is InChI=1S/C20H21N3O2/c1-4-15-18(22-11-7-10-17(25-3)19(22)21-15)20(24)23-13(2)12-14-8-5-6-9-16(14)23/h5-11,13H,4,12H2,1-3H3. The molecule has 0 saturated carbocycles. The lowest BCUT2D eigenvalue weighted by Gasteiger charge is -2.23. The summed E-state index contributed by atoms with van der Waals surface area (Å²) in [5.74, 6) is 0.668. The predicted octanol–water partition coefficient (Wildman–Crippen LogP) is 3.50. The minimum Gasteiger partial charge on any atom is -0.493 e. The van der Waals surface area contributed by atoms with E-state index in [0.717, 1.165) is 17.8 Å². The maximum absolute atomic E-state index is 13.5. The molecule has 3 heterocycles. The summed E-state index contributed by atoms with van der Waals surface area (Å²) in [6, 6.07) is 12.0. The molecule has 3 aromatic rings. The van der Waals surface area contributed by atoms with E-state index >= 15 is 0 Å². The van der Waals surface area contributed by atoms with Gasteiger partial charge in [-0.25, -0.2) is 4.98 Å². The van der Waals surface area contributed by atoms with Gasteiger partial charge in [-0.05, 0) is 43.5 Å². The Morgan fingerprint density at radius 3 is 2.84 bits per heavy atom. The summed E-state index contributed by atoms with van der Waals surface area (Å²) in [4.78, 5) is 20.1. The number of nitrogens with zero attached hydrogens (tertiary/aromatic N) is 3. The number of rotatable bonds is 3. The van der Waals surface area contributed by atoms with Gasteiger partial charge in [0.15, 0.2) is 11.4 Å². The molecular weight excluding hydrogens is 314 g/mol. The Balaban J connectivity index is 1.89. The average molecular weight is 335 g/mol. The number of imidazole rings is 1. The molecule has 1 unspecified atom stereocenters. The zero-order valence-electron chi connectivity index (χ0n) is 14.7. The molecule has 128 valence electrons. The SMILES string of the molecule is CCc1nc2c(OC)cccn2c1C(=O)N1c2ccccc2CC1C. The van der Waals surface area contributed by atoms with Gasteiger partial charge in [0.1, 0.15) is 5.69 Å². The highest BCUT2D eigenvalue weighted by Crippen LogP contribution is 2.34. The van der Waals surface area contributed by atoms with Crippen molar-refractivity contribution in [2.24, 2.45) is 0 Å². The molecule has 0 saturated heterocycles. The summed E-state index contributed by atoms with van der Waals surface area (Å²) in [6.45, 7) is 4.11. The molecule has 1 atom stereocenters. The average Bonchev–Trinajstić information content (AvgIpc) is 3.17. The zero-order chi connectivity index (χ0) is 17.6. The van der Waals surface area contributed by atoms with E-state index in [9.17, 15) is 4.79 Å². The number of fused-ring (bicyclic) bond motifs is 2. The van der Waals surface area contributed by atoms with Gasteiger partial charge in [0, 0.05) is 17.9 Å². The largest absolute Gasteiger partial charge is 0.493 e. The Bertz CT molecular complexity index is 961. The van der Waals surface area contributed by atoms with Crippen molar-refractivity contribution in [1.29, 1.82) is 0 Å². The fraction of sp³-hybridized carbons (Fsp3) is 0.300. The van der Waals surface area contributed by atoms with E-state index in [1.165, 1.54) is 5.56 Å². The van der Waals surface area contributed by atoms with Crippen molar-refractivity contribution in [2.75, 3.05) is 12.0 Å². The van der Waals surface area contributed by atoms with Gasteiger partial charge in [-0.15, -0.1) is 0 Å². The number of para-hydroxylation sites is 1. The number of methoxy groups -OCH3 is 1. The second-order valence-corrected chi connectivity index (χ2v) is 6.39. The van der Waals surface area contributed by atoms with Crippen LogP contribution in [0.15, 0.2) is 42.6 Å². The number of hydrogen-bond acceptors (Lipinski definition) is 3. The molecule has 0 spiro atoms. The monoisotopic (exact) mass is 335 g/mol. The van der Waals surface area contributed by atoms with Gasteiger partial charge in [-0.3, -0.25) is 9.20 Å². The van der Waals surface area contributed by atoms with Crippen LogP contribution in [0.25, 0.3) is 5.65 Å². The lowest BCUT2D eigenvalue weighted by Crippen LogP contribution is -2.37. The topological polar surface area (TPSA) is 46.8 Å². The van der Waals surface area contributed by atoms with E-state index < -0.39 is 0 Å². The smallest absolute Gasteiger partial charge is 0.277 e. The van der Waals surface area contributed by atoms with Gasteiger partial charge >= 0.3 is 0 Å². The third kappa shape index (κ3) is 2.30. The summed E-state index contributed by atoms with van der Waals surface area (Å²) in [5.41, 5.74) is 4.32. The summed E-state index contributed by atoms with van der Waals surface area (Å²) in [6.07, 6.45) is 3.45. The highest BCUT2D eigenvalue weighted by Gasteiger charge is 2.34. The summed E-state index contributed by atoms with van der Waals surface area (Å²) in [5, 5.41) is 0. The van der Waals surface area contributed by atoms with Crippen molar-refractivity contribution in [1.82, 2.24) is 9.38 Å². The first-order valence-corrected chi connectivity index (χ1v) is 8.61. The molecular formula is C20H21N3O2. The fourth-order valence-corrected chi connectivity index (χ4v) is 3.71. The zero-order valence-corrected chi connectivity index (χ0v) is 14.7. The molecule has 1 aromatic carbocycles. The Morgan fingerprint density at radius 2 is 2.08 bits per heavy atom. The summed E-state index contributed by atoms with van der Waals surface area (Å²) in [7, 11) is 1.62. The van der Waals surface area contributed by atoms with Gasteiger partial charge in [-0.2, -0.15) is 0 Å². The van der Waals surface area contributed by atoms with Crippen LogP contribution in [0.1, 0.15) is 35.6 Å². The number of hydrogen-bond donors (Lipinski definition) is 0. The van der Waals surface area contributed by atoms with Crippen LogP contribution in [0, 0.1) is 0 Å². The summed E-state index contributed by atoms with van der Waals surface area (Å²) >= 11 is 0. The number of benzene rings is 1. The first kappa shape index (κ1) is 15.7. The molecule has 0 aliphatic carbocycles. The van der Waals surface area contributed by atoms with Crippen LogP contribution in [0.3, 0.4) is 0 Å². The molecule has 1 amide bonds. The lowest BCUT2D eigenvalue weighted by molar-refractivity contribution is 0.0975. The highest BCUT2D eigenvalue weighted by molar-refractivity contribution is 6.08. The second-order valence-electron chi connectivity index (χ2n) is 6.39. The van der Waals surface area contributed by atoms with Crippen molar-refractivity contribution >= 4 is 17.2 Å². The minimum absolute atomic E-state index is 0.00458. The van der Waals surface area contributed by atoms with Gasteiger partial charge in [0.2, 0.25) is 0 Å². The molecule has 0 fully saturated rings.